The van der Waals surface area contributed by atoms with Crippen LogP contribution in [0.1, 0.15) is 55.5 Å². The molecule has 6 heteroatoms. The third-order valence-electron chi connectivity index (χ3n) is 3.41. The number of amides is 1. The first kappa shape index (κ1) is 15.0. The Morgan fingerprint density at radius 2 is 2.10 bits per heavy atom. The maximum atomic E-state index is 12.5. The molecule has 2 rings (SSSR count). The monoisotopic (exact) mass is 296 g/mol. The van der Waals surface area contributed by atoms with Crippen molar-refractivity contribution in [1.29, 1.82) is 0 Å². The minimum Gasteiger partial charge on any atom is -0.480 e. The Hall–Kier alpha value is -1.43. The van der Waals surface area contributed by atoms with Crippen molar-refractivity contribution in [2.45, 2.75) is 51.5 Å². The number of carboxylic acids is 1. The van der Waals surface area contributed by atoms with Gasteiger partial charge in [0.1, 0.15) is 11.7 Å². The first-order chi connectivity index (χ1) is 9.30. The first-order valence-corrected chi connectivity index (χ1v) is 7.68. The normalized spacial score (nSPS) is 19.9. The highest BCUT2D eigenvalue weighted by Crippen LogP contribution is 2.27. The molecular weight excluding hydrogens is 276 g/mol. The smallest absolute Gasteiger partial charge is 0.326 e. The van der Waals surface area contributed by atoms with Gasteiger partial charge < -0.3 is 10.0 Å². The van der Waals surface area contributed by atoms with Crippen LogP contribution in [0, 0.1) is 0 Å². The Balaban J connectivity index is 2.21. The molecule has 1 saturated heterocycles. The lowest BCUT2D eigenvalue weighted by atomic mass is 9.98. The second kappa shape index (κ2) is 5.52. The fraction of sp³-hybridized carbons (Fsp3) is 0.643. The van der Waals surface area contributed by atoms with E-state index in [-0.39, 0.29) is 11.3 Å². The number of aliphatic carboxylic acids is 1. The number of hydrogen-bond donors (Lipinski definition) is 1. The molecule has 0 unspecified atom stereocenters. The van der Waals surface area contributed by atoms with Gasteiger partial charge in [0, 0.05) is 17.3 Å². The molecule has 20 heavy (non-hydrogen) atoms. The standard InChI is InChI=1S/C14H20N2O3S/c1-14(2,3)13-15-9(8-20-13)11(17)16-7-5-4-6-10(16)12(18)19/h8,10H,4-7H2,1-3H3,(H,18,19)/t10-/m1/s1. The van der Waals surface area contributed by atoms with Crippen LogP contribution in [0.15, 0.2) is 5.38 Å². The highest BCUT2D eigenvalue weighted by molar-refractivity contribution is 7.10. The molecule has 5 nitrogen and oxygen atoms in total. The summed E-state index contributed by atoms with van der Waals surface area (Å²) in [5.74, 6) is -1.19. The lowest BCUT2D eigenvalue weighted by Gasteiger charge is -2.32. The quantitative estimate of drug-likeness (QED) is 0.910. The maximum Gasteiger partial charge on any atom is 0.326 e. The number of nitrogens with zero attached hydrogens (tertiary/aromatic N) is 2. The lowest BCUT2D eigenvalue weighted by molar-refractivity contribution is -0.143. The van der Waals surface area contributed by atoms with Crippen LogP contribution in [-0.2, 0) is 10.2 Å². The fourth-order valence-electron chi connectivity index (χ4n) is 2.29. The summed E-state index contributed by atoms with van der Waals surface area (Å²) < 4.78 is 0. The number of carbonyl (C=O) groups excluding carboxylic acids is 1. The molecule has 1 aliphatic heterocycles. The number of carbonyl (C=O) groups is 2. The number of rotatable bonds is 2. The van der Waals surface area contributed by atoms with Crippen molar-refractivity contribution in [3.05, 3.63) is 16.1 Å². The zero-order chi connectivity index (χ0) is 14.9. The van der Waals surface area contributed by atoms with Gasteiger partial charge in [-0.2, -0.15) is 0 Å². The van der Waals surface area contributed by atoms with E-state index in [4.69, 9.17) is 0 Å². The van der Waals surface area contributed by atoms with E-state index in [0.717, 1.165) is 17.8 Å². The fourth-order valence-corrected chi connectivity index (χ4v) is 3.18. The highest BCUT2D eigenvalue weighted by Gasteiger charge is 2.33. The van der Waals surface area contributed by atoms with Crippen molar-refractivity contribution in [2.24, 2.45) is 0 Å². The third-order valence-corrected chi connectivity index (χ3v) is 4.68. The van der Waals surface area contributed by atoms with Gasteiger partial charge in [0.05, 0.1) is 5.01 Å². The van der Waals surface area contributed by atoms with E-state index in [1.165, 1.54) is 16.2 Å². The molecule has 0 radical (unpaired) electrons. The molecule has 0 bridgehead atoms. The van der Waals surface area contributed by atoms with Crippen LogP contribution in [0.5, 0.6) is 0 Å². The molecule has 110 valence electrons. The van der Waals surface area contributed by atoms with E-state index in [2.05, 4.69) is 4.98 Å². The molecule has 1 aromatic heterocycles. The third kappa shape index (κ3) is 3.00. The molecule has 0 aliphatic carbocycles. The van der Waals surface area contributed by atoms with Crippen molar-refractivity contribution >= 4 is 23.2 Å². The largest absolute Gasteiger partial charge is 0.480 e. The van der Waals surface area contributed by atoms with E-state index in [9.17, 15) is 14.7 Å². The molecule has 1 aromatic rings. The molecule has 0 aromatic carbocycles. The van der Waals surface area contributed by atoms with Gasteiger partial charge in [0.15, 0.2) is 0 Å². The second-order valence-corrected chi connectivity index (χ2v) is 6.99. The Bertz CT molecular complexity index is 519. The summed E-state index contributed by atoms with van der Waals surface area (Å²) >= 11 is 1.45. The van der Waals surface area contributed by atoms with Crippen molar-refractivity contribution in [3.63, 3.8) is 0 Å². The van der Waals surface area contributed by atoms with Crippen LogP contribution < -0.4 is 0 Å². The SMILES string of the molecule is CC(C)(C)c1nc(C(=O)N2CCCC[C@@H]2C(=O)O)cs1. The molecule has 1 N–H and O–H groups in total. The van der Waals surface area contributed by atoms with Gasteiger partial charge >= 0.3 is 5.97 Å². The molecule has 1 atom stereocenters. The van der Waals surface area contributed by atoms with E-state index in [0.29, 0.717) is 18.7 Å². The van der Waals surface area contributed by atoms with Crippen molar-refractivity contribution < 1.29 is 14.7 Å². The van der Waals surface area contributed by atoms with E-state index >= 15 is 0 Å². The lowest BCUT2D eigenvalue weighted by Crippen LogP contribution is -2.48. The maximum absolute atomic E-state index is 12.5. The van der Waals surface area contributed by atoms with Crippen LogP contribution in [-0.4, -0.2) is 39.5 Å². The van der Waals surface area contributed by atoms with Crippen molar-refractivity contribution in [3.8, 4) is 0 Å². The summed E-state index contributed by atoms with van der Waals surface area (Å²) in [6.45, 7) is 6.63. The van der Waals surface area contributed by atoms with Gasteiger partial charge in [-0.15, -0.1) is 11.3 Å². The molecular formula is C14H20N2O3S. The minimum absolute atomic E-state index is 0.0999. The zero-order valence-corrected chi connectivity index (χ0v) is 12.9. The predicted octanol–water partition coefficient (Wildman–Crippen LogP) is 2.52. The number of aromatic nitrogens is 1. The first-order valence-electron chi connectivity index (χ1n) is 6.80. The van der Waals surface area contributed by atoms with E-state index in [1.807, 2.05) is 20.8 Å². The van der Waals surface area contributed by atoms with E-state index < -0.39 is 12.0 Å². The van der Waals surface area contributed by atoms with Crippen LogP contribution in [0.25, 0.3) is 0 Å². The van der Waals surface area contributed by atoms with Gasteiger partial charge in [-0.3, -0.25) is 4.79 Å². The number of hydrogen-bond acceptors (Lipinski definition) is 4. The van der Waals surface area contributed by atoms with Crippen LogP contribution in [0.2, 0.25) is 0 Å². The van der Waals surface area contributed by atoms with Crippen LogP contribution in [0.4, 0.5) is 0 Å². The molecule has 1 fully saturated rings. The summed E-state index contributed by atoms with van der Waals surface area (Å²) in [5, 5.41) is 11.9. The number of thiazole rings is 1. The van der Waals surface area contributed by atoms with Gasteiger partial charge in [0.2, 0.25) is 0 Å². The summed E-state index contributed by atoms with van der Waals surface area (Å²) in [6.07, 6.45) is 2.23. The minimum atomic E-state index is -0.927. The number of likely N-dealkylation sites (tertiary alicyclic amines) is 1. The van der Waals surface area contributed by atoms with Crippen LogP contribution >= 0.6 is 11.3 Å². The number of piperidine rings is 1. The van der Waals surface area contributed by atoms with E-state index in [1.54, 1.807) is 5.38 Å². The topological polar surface area (TPSA) is 70.5 Å². The van der Waals surface area contributed by atoms with Gasteiger partial charge in [0.25, 0.3) is 5.91 Å². The molecule has 0 saturated carbocycles. The Kier molecular flexibility index (Phi) is 4.13. The Morgan fingerprint density at radius 3 is 2.65 bits per heavy atom. The summed E-state index contributed by atoms with van der Waals surface area (Å²) in [6, 6.07) is -0.712. The second-order valence-electron chi connectivity index (χ2n) is 6.14. The summed E-state index contributed by atoms with van der Waals surface area (Å²) in [4.78, 5) is 29.6. The number of carboxylic acid groups (broad SMARTS) is 1. The molecule has 1 aliphatic rings. The Labute approximate surface area is 122 Å². The van der Waals surface area contributed by atoms with Gasteiger partial charge in [-0.25, -0.2) is 9.78 Å². The summed E-state index contributed by atoms with van der Waals surface area (Å²) in [7, 11) is 0. The van der Waals surface area contributed by atoms with Gasteiger partial charge in [-0.05, 0) is 19.3 Å². The molecule has 2 heterocycles. The predicted molar refractivity (Wildman–Crippen MR) is 77.1 cm³/mol. The molecule has 1 amide bonds. The van der Waals surface area contributed by atoms with Gasteiger partial charge in [-0.1, -0.05) is 20.8 Å². The average Bonchev–Trinajstić information content (AvgIpc) is 2.87. The Morgan fingerprint density at radius 1 is 1.40 bits per heavy atom. The highest BCUT2D eigenvalue weighted by atomic mass is 32.1. The summed E-state index contributed by atoms with van der Waals surface area (Å²) in [5.41, 5.74) is 0.269. The van der Waals surface area contributed by atoms with Crippen molar-refractivity contribution in [2.75, 3.05) is 6.54 Å². The zero-order valence-electron chi connectivity index (χ0n) is 12.0. The molecule has 0 spiro atoms. The van der Waals surface area contributed by atoms with Crippen molar-refractivity contribution in [1.82, 2.24) is 9.88 Å². The van der Waals surface area contributed by atoms with Crippen LogP contribution in [0.3, 0.4) is 0 Å². The average molecular weight is 296 g/mol.